The second-order valence-electron chi connectivity index (χ2n) is 6.43. The number of pyridine rings is 1. The first-order chi connectivity index (χ1) is 11.1. The third-order valence-electron chi connectivity index (χ3n) is 4.24. The second-order valence-corrected chi connectivity index (χ2v) is 7.37. The first-order valence-corrected chi connectivity index (χ1v) is 8.69. The summed E-state index contributed by atoms with van der Waals surface area (Å²) in [5.41, 5.74) is 3.78. The fourth-order valence-electron chi connectivity index (χ4n) is 3.15. The summed E-state index contributed by atoms with van der Waals surface area (Å²) >= 11 is 1.73. The molecule has 0 unspecified atom stereocenters. The van der Waals surface area contributed by atoms with Gasteiger partial charge in [-0.15, -0.1) is 10.2 Å². The van der Waals surface area contributed by atoms with Crippen LogP contribution in [0.5, 0.6) is 0 Å². The maximum atomic E-state index is 4.49. The number of rotatable bonds is 3. The van der Waals surface area contributed by atoms with Crippen molar-refractivity contribution in [2.24, 2.45) is 0 Å². The first-order valence-electron chi connectivity index (χ1n) is 7.71. The van der Waals surface area contributed by atoms with Crippen LogP contribution in [-0.2, 0) is 17.7 Å². The van der Waals surface area contributed by atoms with Crippen molar-refractivity contribution in [2.75, 3.05) is 0 Å². The van der Waals surface area contributed by atoms with Gasteiger partial charge < -0.3 is 0 Å². The maximum Gasteiger partial charge on any atom is 0.192 e. The van der Waals surface area contributed by atoms with Crippen LogP contribution in [0.25, 0.3) is 11.4 Å². The third-order valence-corrected chi connectivity index (χ3v) is 5.24. The van der Waals surface area contributed by atoms with Gasteiger partial charge in [-0.05, 0) is 43.5 Å². The van der Waals surface area contributed by atoms with Gasteiger partial charge in [-0.1, -0.05) is 36.0 Å². The van der Waals surface area contributed by atoms with Gasteiger partial charge in [-0.2, -0.15) is 0 Å². The molecule has 0 saturated heterocycles. The molecule has 1 aromatic carbocycles. The van der Waals surface area contributed by atoms with E-state index in [0.717, 1.165) is 23.2 Å². The lowest BCUT2D eigenvalue weighted by molar-refractivity contribution is 0.323. The highest BCUT2D eigenvalue weighted by Crippen LogP contribution is 2.40. The quantitative estimate of drug-likeness (QED) is 0.686. The van der Waals surface area contributed by atoms with Crippen LogP contribution in [0.15, 0.2) is 53.9 Å². The van der Waals surface area contributed by atoms with Crippen LogP contribution >= 0.6 is 11.8 Å². The molecule has 0 fully saturated rings. The van der Waals surface area contributed by atoms with E-state index in [2.05, 4.69) is 57.9 Å². The van der Waals surface area contributed by atoms with Crippen LogP contribution in [-0.4, -0.2) is 19.7 Å². The SMILES string of the molecule is CC1(C)Cc2ccccc2-c2nnc(SCc3ccncc3)n21. The first kappa shape index (κ1) is 14.5. The van der Waals surface area contributed by atoms with E-state index in [9.17, 15) is 0 Å². The van der Waals surface area contributed by atoms with Crippen LogP contribution in [0.4, 0.5) is 0 Å². The van der Waals surface area contributed by atoms with Crippen molar-refractivity contribution in [3.63, 3.8) is 0 Å². The minimum atomic E-state index is -0.0201. The Balaban J connectivity index is 1.71. The Morgan fingerprint density at radius 3 is 2.70 bits per heavy atom. The van der Waals surface area contributed by atoms with Crippen LogP contribution in [0, 0.1) is 0 Å². The zero-order valence-corrected chi connectivity index (χ0v) is 14.0. The number of benzene rings is 1. The summed E-state index contributed by atoms with van der Waals surface area (Å²) in [7, 11) is 0. The molecule has 0 saturated carbocycles. The molecule has 4 rings (SSSR count). The molecule has 3 heterocycles. The van der Waals surface area contributed by atoms with E-state index in [1.165, 1.54) is 16.7 Å². The fourth-order valence-corrected chi connectivity index (χ4v) is 4.20. The number of hydrogen-bond acceptors (Lipinski definition) is 4. The molecular formula is C18H18N4S. The second kappa shape index (κ2) is 5.49. The van der Waals surface area contributed by atoms with Gasteiger partial charge in [0, 0.05) is 29.2 Å². The molecule has 0 N–H and O–H groups in total. The van der Waals surface area contributed by atoms with Crippen LogP contribution < -0.4 is 0 Å². The Morgan fingerprint density at radius 1 is 1.09 bits per heavy atom. The summed E-state index contributed by atoms with van der Waals surface area (Å²) in [6, 6.07) is 12.6. The Kier molecular flexibility index (Phi) is 3.45. The summed E-state index contributed by atoms with van der Waals surface area (Å²) in [5.74, 6) is 1.85. The Bertz CT molecular complexity index is 839. The average Bonchev–Trinajstić information content (AvgIpc) is 2.99. The lowest BCUT2D eigenvalue weighted by Crippen LogP contribution is -2.33. The lowest BCUT2D eigenvalue weighted by atomic mass is 9.87. The van der Waals surface area contributed by atoms with E-state index in [1.807, 2.05) is 24.5 Å². The molecule has 0 radical (unpaired) electrons. The molecule has 3 aromatic rings. The zero-order chi connectivity index (χ0) is 15.9. The Hall–Kier alpha value is -2.14. The van der Waals surface area contributed by atoms with Crippen LogP contribution in [0.3, 0.4) is 0 Å². The van der Waals surface area contributed by atoms with Gasteiger partial charge in [0.2, 0.25) is 0 Å². The smallest absolute Gasteiger partial charge is 0.192 e. The highest BCUT2D eigenvalue weighted by atomic mass is 32.2. The van der Waals surface area contributed by atoms with Crippen LogP contribution in [0.1, 0.15) is 25.0 Å². The van der Waals surface area contributed by atoms with E-state index in [1.54, 1.807) is 11.8 Å². The van der Waals surface area contributed by atoms with Crippen molar-refractivity contribution < 1.29 is 0 Å². The van der Waals surface area contributed by atoms with Gasteiger partial charge >= 0.3 is 0 Å². The standard InChI is InChI=1S/C18H18N4S/c1-18(2)11-14-5-3-4-6-15(14)16-20-21-17(22(16)18)23-12-13-7-9-19-10-8-13/h3-10H,11-12H2,1-2H3. The molecule has 2 aromatic heterocycles. The van der Waals surface area contributed by atoms with Crippen molar-refractivity contribution >= 4 is 11.8 Å². The number of nitrogens with zero attached hydrogens (tertiary/aromatic N) is 4. The third kappa shape index (κ3) is 2.55. The molecule has 1 aliphatic heterocycles. The molecule has 0 aliphatic carbocycles. The summed E-state index contributed by atoms with van der Waals surface area (Å²) in [6.45, 7) is 4.51. The molecule has 1 aliphatic rings. The van der Waals surface area contributed by atoms with Crippen molar-refractivity contribution in [3.8, 4) is 11.4 Å². The van der Waals surface area contributed by atoms with Gasteiger partial charge in [0.05, 0.1) is 0 Å². The predicted octanol–water partition coefficient (Wildman–Crippen LogP) is 3.92. The largest absolute Gasteiger partial charge is 0.296 e. The van der Waals surface area contributed by atoms with Crippen LogP contribution in [0.2, 0.25) is 0 Å². The molecular weight excluding hydrogens is 304 g/mol. The Labute approximate surface area is 140 Å². The lowest BCUT2D eigenvalue weighted by Gasteiger charge is -2.34. The van der Waals surface area contributed by atoms with E-state index in [4.69, 9.17) is 0 Å². The fraction of sp³-hybridized carbons (Fsp3) is 0.278. The van der Waals surface area contributed by atoms with E-state index < -0.39 is 0 Å². The normalized spacial score (nSPS) is 15.0. The topological polar surface area (TPSA) is 43.6 Å². The monoisotopic (exact) mass is 322 g/mol. The van der Waals surface area contributed by atoms with E-state index in [-0.39, 0.29) is 5.54 Å². The molecule has 0 bridgehead atoms. The van der Waals surface area contributed by atoms with Gasteiger partial charge in [0.1, 0.15) is 0 Å². The molecule has 0 spiro atoms. The molecule has 0 amide bonds. The number of aromatic nitrogens is 4. The zero-order valence-electron chi connectivity index (χ0n) is 13.2. The van der Waals surface area contributed by atoms with Gasteiger partial charge in [-0.3, -0.25) is 9.55 Å². The Morgan fingerprint density at radius 2 is 1.87 bits per heavy atom. The highest BCUT2D eigenvalue weighted by Gasteiger charge is 2.34. The molecule has 0 atom stereocenters. The number of thioether (sulfide) groups is 1. The van der Waals surface area contributed by atoms with Crippen molar-refractivity contribution in [3.05, 3.63) is 59.9 Å². The summed E-state index contributed by atoms with van der Waals surface area (Å²) < 4.78 is 2.29. The molecule has 5 heteroatoms. The summed E-state index contributed by atoms with van der Waals surface area (Å²) in [6.07, 6.45) is 4.65. The van der Waals surface area contributed by atoms with E-state index in [0.29, 0.717) is 0 Å². The summed E-state index contributed by atoms with van der Waals surface area (Å²) in [5, 5.41) is 9.94. The van der Waals surface area contributed by atoms with Gasteiger partial charge in [-0.25, -0.2) is 0 Å². The number of hydrogen-bond donors (Lipinski definition) is 0. The van der Waals surface area contributed by atoms with Crippen molar-refractivity contribution in [2.45, 2.75) is 36.7 Å². The van der Waals surface area contributed by atoms with E-state index >= 15 is 0 Å². The minimum Gasteiger partial charge on any atom is -0.296 e. The maximum absolute atomic E-state index is 4.49. The predicted molar refractivity (Wildman–Crippen MR) is 92.3 cm³/mol. The van der Waals surface area contributed by atoms with Crippen molar-refractivity contribution in [1.29, 1.82) is 0 Å². The van der Waals surface area contributed by atoms with Crippen molar-refractivity contribution in [1.82, 2.24) is 19.7 Å². The molecule has 116 valence electrons. The molecule has 4 nitrogen and oxygen atoms in total. The van der Waals surface area contributed by atoms with Gasteiger partial charge in [0.15, 0.2) is 11.0 Å². The molecule has 23 heavy (non-hydrogen) atoms. The average molecular weight is 322 g/mol. The highest BCUT2D eigenvalue weighted by molar-refractivity contribution is 7.98. The minimum absolute atomic E-state index is 0.0201. The summed E-state index contributed by atoms with van der Waals surface area (Å²) in [4.78, 5) is 4.07. The number of fused-ring (bicyclic) bond motifs is 3. The van der Waals surface area contributed by atoms with Gasteiger partial charge in [0.25, 0.3) is 0 Å².